The molecule has 0 spiro atoms. The molecule has 0 fully saturated rings. The molecule has 1 heterocycles. The minimum absolute atomic E-state index is 0.0622. The summed E-state index contributed by atoms with van der Waals surface area (Å²) in [6, 6.07) is 3.20. The Balaban J connectivity index is 2.80. The number of aromatic nitrogens is 3. The van der Waals surface area contributed by atoms with Crippen LogP contribution in [0.3, 0.4) is 0 Å². The summed E-state index contributed by atoms with van der Waals surface area (Å²) in [5, 5.41) is 13.0. The average molecular weight is 319 g/mol. The van der Waals surface area contributed by atoms with Gasteiger partial charge in [0, 0.05) is 11.6 Å². The zero-order chi connectivity index (χ0) is 16.4. The van der Waals surface area contributed by atoms with Gasteiger partial charge in [-0.15, -0.1) is 9.81 Å². The lowest BCUT2D eigenvalue weighted by Crippen LogP contribution is -2.04. The van der Waals surface area contributed by atoms with E-state index in [1.165, 1.54) is 6.07 Å². The van der Waals surface area contributed by atoms with Crippen LogP contribution in [0.2, 0.25) is 0 Å². The van der Waals surface area contributed by atoms with Crippen molar-refractivity contribution in [3.63, 3.8) is 0 Å². The molecule has 0 atom stereocenters. The molecule has 7 nitrogen and oxygen atoms in total. The Kier molecular flexibility index (Phi) is 4.60. The highest BCUT2D eigenvalue weighted by Gasteiger charge is 2.20. The molecule has 0 radical (unpaired) electrons. The van der Waals surface area contributed by atoms with Gasteiger partial charge < -0.3 is 0 Å². The molecule has 0 saturated carbocycles. The summed E-state index contributed by atoms with van der Waals surface area (Å²) >= 11 is 5.23. The van der Waals surface area contributed by atoms with Gasteiger partial charge in [0.15, 0.2) is 10.6 Å². The molecule has 0 amide bonds. The lowest BCUT2D eigenvalue weighted by Gasteiger charge is -2.14. The van der Waals surface area contributed by atoms with E-state index < -0.39 is 0 Å². The zero-order valence-electron chi connectivity index (χ0n) is 12.8. The van der Waals surface area contributed by atoms with Gasteiger partial charge in [-0.05, 0) is 60.0 Å². The normalized spacial score (nSPS) is 11.2. The Morgan fingerprint density at radius 3 is 2.27 bits per heavy atom. The number of hydrogen-bond acceptors (Lipinski definition) is 6. The predicted molar refractivity (Wildman–Crippen MR) is 88.2 cm³/mol. The SMILES string of the molecule is CC(C)c1cc(-c2n[nH]c(=S)n2C(C)C)c(N=O)cc1N=O. The van der Waals surface area contributed by atoms with E-state index in [0.29, 0.717) is 16.2 Å². The number of nitroso groups, excluding NO2 is 2. The van der Waals surface area contributed by atoms with Gasteiger partial charge in [0.2, 0.25) is 0 Å². The van der Waals surface area contributed by atoms with Crippen LogP contribution in [0.4, 0.5) is 11.4 Å². The Bertz CT molecular complexity index is 776. The maximum atomic E-state index is 11.2. The summed E-state index contributed by atoms with van der Waals surface area (Å²) in [6.45, 7) is 7.82. The van der Waals surface area contributed by atoms with Gasteiger partial charge in [0.05, 0.1) is 0 Å². The van der Waals surface area contributed by atoms with Gasteiger partial charge in [-0.25, -0.2) is 0 Å². The largest absolute Gasteiger partial charge is 0.298 e. The minimum atomic E-state index is 0.0622. The lowest BCUT2D eigenvalue weighted by molar-refractivity contribution is 0.597. The highest BCUT2D eigenvalue weighted by atomic mass is 32.1. The molecule has 22 heavy (non-hydrogen) atoms. The van der Waals surface area contributed by atoms with E-state index >= 15 is 0 Å². The summed E-state index contributed by atoms with van der Waals surface area (Å²) in [4.78, 5) is 22.2. The first-order chi connectivity index (χ1) is 10.4. The van der Waals surface area contributed by atoms with E-state index in [9.17, 15) is 9.81 Å². The van der Waals surface area contributed by atoms with Gasteiger partial charge in [-0.2, -0.15) is 5.10 Å². The molecule has 1 aromatic carbocycles. The number of benzene rings is 1. The fourth-order valence-corrected chi connectivity index (χ4v) is 2.71. The first-order valence-electron chi connectivity index (χ1n) is 6.92. The van der Waals surface area contributed by atoms with Crippen molar-refractivity contribution in [2.75, 3.05) is 0 Å². The quantitative estimate of drug-likeness (QED) is 0.612. The predicted octanol–water partition coefficient (Wildman–Crippen LogP) is 5.11. The molecule has 0 aliphatic carbocycles. The van der Waals surface area contributed by atoms with Crippen molar-refractivity contribution in [2.24, 2.45) is 10.4 Å². The molecular formula is C14H17N5O2S. The minimum Gasteiger partial charge on any atom is -0.298 e. The number of rotatable bonds is 5. The van der Waals surface area contributed by atoms with Crippen molar-refractivity contribution in [1.29, 1.82) is 0 Å². The van der Waals surface area contributed by atoms with E-state index in [2.05, 4.69) is 20.6 Å². The van der Waals surface area contributed by atoms with Crippen LogP contribution in [-0.4, -0.2) is 14.8 Å². The van der Waals surface area contributed by atoms with Crippen LogP contribution in [0.25, 0.3) is 11.4 Å². The Morgan fingerprint density at radius 1 is 1.14 bits per heavy atom. The van der Waals surface area contributed by atoms with Crippen LogP contribution in [0, 0.1) is 14.6 Å². The second kappa shape index (κ2) is 6.27. The van der Waals surface area contributed by atoms with Crippen LogP contribution >= 0.6 is 12.2 Å². The van der Waals surface area contributed by atoms with Crippen LogP contribution in [0.5, 0.6) is 0 Å². The molecule has 2 aromatic rings. The Hall–Kier alpha value is -2.22. The molecule has 8 heteroatoms. The van der Waals surface area contributed by atoms with Crippen molar-refractivity contribution in [3.8, 4) is 11.4 Å². The summed E-state index contributed by atoms with van der Waals surface area (Å²) < 4.78 is 2.27. The highest BCUT2D eigenvalue weighted by molar-refractivity contribution is 7.71. The summed E-state index contributed by atoms with van der Waals surface area (Å²) in [5.74, 6) is 0.593. The van der Waals surface area contributed by atoms with Crippen LogP contribution in [0.1, 0.15) is 45.2 Å². The molecule has 0 saturated heterocycles. The summed E-state index contributed by atoms with van der Waals surface area (Å²) in [7, 11) is 0. The maximum absolute atomic E-state index is 11.2. The number of nitrogens with one attached hydrogen (secondary N) is 1. The van der Waals surface area contributed by atoms with Crippen molar-refractivity contribution >= 4 is 23.6 Å². The van der Waals surface area contributed by atoms with Gasteiger partial charge in [0.25, 0.3) is 0 Å². The van der Waals surface area contributed by atoms with Crippen molar-refractivity contribution in [3.05, 3.63) is 32.3 Å². The van der Waals surface area contributed by atoms with Crippen molar-refractivity contribution in [1.82, 2.24) is 14.8 Å². The first-order valence-corrected chi connectivity index (χ1v) is 7.33. The van der Waals surface area contributed by atoms with E-state index in [0.717, 1.165) is 5.56 Å². The summed E-state index contributed by atoms with van der Waals surface area (Å²) in [5.41, 5.74) is 1.61. The third-order valence-electron chi connectivity index (χ3n) is 3.43. The molecule has 0 aliphatic rings. The van der Waals surface area contributed by atoms with Crippen LogP contribution < -0.4 is 0 Å². The third-order valence-corrected chi connectivity index (χ3v) is 3.71. The molecular weight excluding hydrogens is 302 g/mol. The topological polar surface area (TPSA) is 92.5 Å². The highest BCUT2D eigenvalue weighted by Crippen LogP contribution is 2.39. The third kappa shape index (κ3) is 2.74. The standard InChI is InChI=1S/C14H17N5O2S/c1-7(2)9-5-10(12(18-21)6-11(9)17-20)13-15-16-14(22)19(13)8(3)4/h5-8H,1-4H3,(H,16,22). The molecule has 0 aliphatic heterocycles. The monoisotopic (exact) mass is 319 g/mol. The maximum Gasteiger partial charge on any atom is 0.195 e. The molecule has 2 rings (SSSR count). The molecule has 0 bridgehead atoms. The van der Waals surface area contributed by atoms with Crippen molar-refractivity contribution < 1.29 is 0 Å². The number of aromatic amines is 1. The van der Waals surface area contributed by atoms with E-state index in [1.807, 2.05) is 27.7 Å². The second-order valence-electron chi connectivity index (χ2n) is 5.58. The Labute approximate surface area is 132 Å². The fraction of sp³-hybridized carbons (Fsp3) is 0.429. The number of hydrogen-bond donors (Lipinski definition) is 1. The van der Waals surface area contributed by atoms with Gasteiger partial charge >= 0.3 is 0 Å². The fourth-order valence-electron chi connectivity index (χ4n) is 2.36. The molecule has 1 N–H and O–H groups in total. The van der Waals surface area contributed by atoms with Crippen LogP contribution in [0.15, 0.2) is 22.5 Å². The number of H-pyrrole nitrogens is 1. The molecule has 116 valence electrons. The lowest BCUT2D eigenvalue weighted by atomic mass is 9.97. The second-order valence-corrected chi connectivity index (χ2v) is 5.97. The molecule has 1 aromatic heterocycles. The zero-order valence-corrected chi connectivity index (χ0v) is 13.6. The summed E-state index contributed by atoms with van der Waals surface area (Å²) in [6.07, 6.45) is 0. The van der Waals surface area contributed by atoms with Crippen molar-refractivity contribution in [2.45, 2.75) is 39.7 Å². The Morgan fingerprint density at radius 2 is 1.77 bits per heavy atom. The van der Waals surface area contributed by atoms with E-state index in [1.54, 1.807) is 10.6 Å². The smallest absolute Gasteiger partial charge is 0.195 e. The molecule has 0 unspecified atom stereocenters. The van der Waals surface area contributed by atoms with E-state index in [-0.39, 0.29) is 23.3 Å². The first kappa shape index (κ1) is 16.2. The van der Waals surface area contributed by atoms with E-state index in [4.69, 9.17) is 12.2 Å². The van der Waals surface area contributed by atoms with Gasteiger partial charge in [-0.3, -0.25) is 9.67 Å². The number of nitrogens with zero attached hydrogens (tertiary/aromatic N) is 4. The van der Waals surface area contributed by atoms with Gasteiger partial charge in [0.1, 0.15) is 11.4 Å². The van der Waals surface area contributed by atoms with Gasteiger partial charge in [-0.1, -0.05) is 13.8 Å². The van der Waals surface area contributed by atoms with Crippen LogP contribution in [-0.2, 0) is 0 Å². The average Bonchev–Trinajstić information content (AvgIpc) is 2.87.